The van der Waals surface area contributed by atoms with E-state index in [1.54, 1.807) is 44.2 Å². The molecule has 1 unspecified atom stereocenters. The van der Waals surface area contributed by atoms with E-state index in [1.807, 2.05) is 0 Å². The number of alkyl halides is 2. The third-order valence-electron chi connectivity index (χ3n) is 6.68. The number of allylic oxidation sites excluding steroid dienone is 1. The topological polar surface area (TPSA) is 161 Å². The van der Waals surface area contributed by atoms with Crippen molar-refractivity contribution in [1.29, 1.82) is 0 Å². The molecule has 6 atom stereocenters. The Labute approximate surface area is 243 Å². The van der Waals surface area contributed by atoms with Gasteiger partial charge in [-0.05, 0) is 43.7 Å². The van der Waals surface area contributed by atoms with E-state index in [0.29, 0.717) is 16.5 Å². The second kappa shape index (κ2) is 12.7. The van der Waals surface area contributed by atoms with Crippen LogP contribution in [0.15, 0.2) is 54.5 Å². The predicted octanol–water partition coefficient (Wildman–Crippen LogP) is 2.97. The lowest BCUT2D eigenvalue weighted by atomic mass is 9.96. The highest BCUT2D eigenvalue weighted by atomic mass is 31.2. The van der Waals surface area contributed by atoms with Crippen molar-refractivity contribution >= 4 is 36.2 Å². The number of carbonyl (C=O) groups is 3. The molecule has 12 nitrogen and oxygen atoms in total. The summed E-state index contributed by atoms with van der Waals surface area (Å²) in [6.07, 6.45) is -11.5. The van der Waals surface area contributed by atoms with Crippen LogP contribution in [-0.4, -0.2) is 82.0 Å². The van der Waals surface area contributed by atoms with Crippen molar-refractivity contribution in [3.63, 3.8) is 0 Å². The van der Waals surface area contributed by atoms with Crippen LogP contribution >= 0.6 is 7.75 Å². The molecule has 1 amide bonds. The maximum atomic E-state index is 14.6. The van der Waals surface area contributed by atoms with Crippen LogP contribution in [0.5, 0.6) is 5.75 Å². The summed E-state index contributed by atoms with van der Waals surface area (Å²) >= 11 is 0. The van der Waals surface area contributed by atoms with E-state index in [0.717, 1.165) is 5.39 Å². The van der Waals surface area contributed by atoms with Gasteiger partial charge in [-0.15, -0.1) is 0 Å². The number of benzene rings is 2. The first-order valence-electron chi connectivity index (χ1n) is 13.1. The molecule has 1 fully saturated rings. The van der Waals surface area contributed by atoms with Crippen LogP contribution in [0.25, 0.3) is 10.8 Å². The van der Waals surface area contributed by atoms with Crippen molar-refractivity contribution in [2.24, 2.45) is 0 Å². The van der Waals surface area contributed by atoms with Gasteiger partial charge in [-0.2, -0.15) is 5.09 Å². The van der Waals surface area contributed by atoms with Gasteiger partial charge in [-0.25, -0.2) is 17.7 Å². The Morgan fingerprint density at radius 1 is 1.16 bits per heavy atom. The number of hydrogen-bond donors (Lipinski definition) is 3. The molecule has 2 aliphatic heterocycles. The minimum atomic E-state index is -4.79. The average molecular weight is 631 g/mol. The van der Waals surface area contributed by atoms with Gasteiger partial charge in [-0.3, -0.25) is 23.8 Å². The molecular formula is C27H30F3N2O10P. The van der Waals surface area contributed by atoms with Crippen LogP contribution in [-0.2, 0) is 32.9 Å². The fourth-order valence-electron chi connectivity index (χ4n) is 4.45. The number of aliphatic hydroxyl groups is 2. The van der Waals surface area contributed by atoms with Crippen LogP contribution in [0.3, 0.4) is 0 Å². The first kappa shape index (κ1) is 32.6. The fraction of sp³-hybridized carbons (Fsp3) is 0.444. The van der Waals surface area contributed by atoms with E-state index in [-0.39, 0.29) is 5.75 Å². The Morgan fingerprint density at radius 2 is 1.84 bits per heavy atom. The van der Waals surface area contributed by atoms with Gasteiger partial charge in [0.15, 0.2) is 17.7 Å². The number of halogens is 3. The molecular weight excluding hydrogens is 600 g/mol. The maximum Gasteiger partial charge on any atom is 0.459 e. The van der Waals surface area contributed by atoms with Crippen LogP contribution in [0, 0.1) is 0 Å². The zero-order valence-electron chi connectivity index (χ0n) is 23.2. The lowest BCUT2D eigenvalue weighted by Crippen LogP contribution is -2.53. The first-order valence-corrected chi connectivity index (χ1v) is 14.6. The van der Waals surface area contributed by atoms with Gasteiger partial charge in [0.25, 0.3) is 6.43 Å². The Balaban J connectivity index is 1.63. The molecule has 0 spiro atoms. The van der Waals surface area contributed by atoms with Gasteiger partial charge in [0, 0.05) is 6.20 Å². The van der Waals surface area contributed by atoms with Crippen molar-refractivity contribution in [3.05, 3.63) is 54.5 Å². The van der Waals surface area contributed by atoms with Crippen molar-refractivity contribution in [1.82, 2.24) is 9.99 Å². The van der Waals surface area contributed by atoms with E-state index in [2.05, 4.69) is 5.09 Å². The van der Waals surface area contributed by atoms with Gasteiger partial charge < -0.3 is 24.2 Å². The molecule has 4 rings (SSSR count). The normalized spacial score (nSPS) is 26.5. The highest BCUT2D eigenvalue weighted by Crippen LogP contribution is 2.49. The van der Waals surface area contributed by atoms with E-state index in [4.69, 9.17) is 18.5 Å². The number of fused-ring (bicyclic) bond motifs is 1. The number of nitrogens with one attached hydrogen (secondary N) is 1. The Morgan fingerprint density at radius 3 is 2.49 bits per heavy atom. The number of hydrogen-bond acceptors (Lipinski definition) is 10. The third kappa shape index (κ3) is 6.92. The van der Waals surface area contributed by atoms with Gasteiger partial charge in [0.05, 0.1) is 19.1 Å². The highest BCUT2D eigenvalue weighted by molar-refractivity contribution is 7.52. The minimum absolute atomic E-state index is 0.0416. The number of nitrogens with zero attached hydrogens (tertiary/aromatic N) is 1. The summed E-state index contributed by atoms with van der Waals surface area (Å²) in [5.41, 5.74) is -3.12. The number of ketones is 1. The average Bonchev–Trinajstić information content (AvgIpc) is 3.19. The second-order valence-corrected chi connectivity index (χ2v) is 12.0. The van der Waals surface area contributed by atoms with Crippen LogP contribution in [0.1, 0.15) is 27.2 Å². The van der Waals surface area contributed by atoms with E-state index in [1.165, 1.54) is 19.1 Å². The van der Waals surface area contributed by atoms with E-state index in [9.17, 15) is 42.3 Å². The Kier molecular flexibility index (Phi) is 9.64. The number of rotatable bonds is 11. The van der Waals surface area contributed by atoms with E-state index < -0.39 is 86.9 Å². The number of Topliss-reactive ketones (excluding diaryl/α,β-unsaturated/α-hetero) is 1. The summed E-state index contributed by atoms with van der Waals surface area (Å²) < 4.78 is 78.3. The molecule has 2 aromatic carbocycles. The fourth-order valence-corrected chi connectivity index (χ4v) is 5.97. The third-order valence-corrected chi connectivity index (χ3v) is 8.31. The molecule has 2 aliphatic rings. The summed E-state index contributed by atoms with van der Waals surface area (Å²) in [5.74, 6) is -4.56. The molecule has 0 aliphatic carbocycles. The van der Waals surface area contributed by atoms with Crippen LogP contribution < -0.4 is 9.61 Å². The smallest absolute Gasteiger partial charge is 0.459 e. The van der Waals surface area contributed by atoms with Crippen molar-refractivity contribution in [2.75, 3.05) is 6.61 Å². The van der Waals surface area contributed by atoms with Crippen molar-refractivity contribution in [2.45, 2.75) is 69.8 Å². The van der Waals surface area contributed by atoms with Gasteiger partial charge in [0.1, 0.15) is 24.0 Å². The molecule has 16 heteroatoms. The number of carbonyl (C=O) groups excluding carboxylic acids is 3. The number of amides is 1. The van der Waals surface area contributed by atoms with Crippen molar-refractivity contribution < 1.29 is 60.9 Å². The van der Waals surface area contributed by atoms with Crippen LogP contribution in [0.2, 0.25) is 0 Å². The maximum absolute atomic E-state index is 14.6. The van der Waals surface area contributed by atoms with Gasteiger partial charge >= 0.3 is 13.7 Å². The lowest BCUT2D eigenvalue weighted by molar-refractivity contribution is -0.200. The lowest BCUT2D eigenvalue weighted by Gasteiger charge is -2.33. The largest absolute Gasteiger partial charge is 0.462 e. The molecule has 0 aromatic heterocycles. The molecule has 0 saturated carbocycles. The summed E-state index contributed by atoms with van der Waals surface area (Å²) in [4.78, 5) is 36.7. The standard InChI is InChI=1S/C27H30F3N2O10P/c1-14(2)40-25(37)15(3)31-43(38,42-18-9-8-16-6-4-5-7-17(16)10-18)39-13-27(26(29)30)23(36)22(35)24(41-27)32-12-19(28)20(33)11-21(32)34/h4-10,12,14-15,22-24,26,35-36H,11,13H2,1-3H3,(H,31,38)/t15-,22+,23-,24+,27+,43?/m0/s1. The zero-order valence-corrected chi connectivity index (χ0v) is 24.1. The first-order chi connectivity index (χ1) is 20.2. The number of aliphatic hydroxyl groups excluding tert-OH is 2. The predicted molar refractivity (Wildman–Crippen MR) is 143 cm³/mol. The zero-order chi connectivity index (χ0) is 31.7. The summed E-state index contributed by atoms with van der Waals surface area (Å²) in [6.45, 7) is 3.00. The monoisotopic (exact) mass is 630 g/mol. The summed E-state index contributed by atoms with van der Waals surface area (Å²) in [7, 11) is -4.79. The molecule has 2 heterocycles. The SMILES string of the molecule is CC(C)OC(=O)[C@H](C)NP(=O)(OC[C@@]1(C(F)F)O[C@@H](N2C=C(F)C(=O)CC2=O)[C@H](O)[C@@H]1O)Oc1ccc2ccccc2c1. The number of esters is 1. The molecule has 0 bridgehead atoms. The molecule has 0 radical (unpaired) electrons. The minimum Gasteiger partial charge on any atom is -0.462 e. The molecule has 43 heavy (non-hydrogen) atoms. The number of ether oxygens (including phenoxy) is 2. The molecule has 234 valence electrons. The van der Waals surface area contributed by atoms with Gasteiger partial charge in [0.2, 0.25) is 11.7 Å². The highest BCUT2D eigenvalue weighted by Gasteiger charge is 2.63. The van der Waals surface area contributed by atoms with Crippen LogP contribution in [0.4, 0.5) is 13.2 Å². The summed E-state index contributed by atoms with van der Waals surface area (Å²) in [5, 5.41) is 25.0. The quantitative estimate of drug-likeness (QED) is 0.190. The van der Waals surface area contributed by atoms with Crippen molar-refractivity contribution in [3.8, 4) is 5.75 Å². The van der Waals surface area contributed by atoms with Gasteiger partial charge in [-0.1, -0.05) is 30.3 Å². The summed E-state index contributed by atoms with van der Waals surface area (Å²) in [6, 6.07) is 10.2. The van der Waals surface area contributed by atoms with E-state index >= 15 is 0 Å². The Hall–Kier alpha value is -3.33. The Bertz CT molecular complexity index is 1470. The molecule has 3 N–H and O–H groups in total. The molecule has 2 aromatic rings. The second-order valence-electron chi connectivity index (χ2n) is 10.3. The molecule has 1 saturated heterocycles.